The van der Waals surface area contributed by atoms with E-state index in [0.29, 0.717) is 12.2 Å². The van der Waals surface area contributed by atoms with Gasteiger partial charge in [-0.3, -0.25) is 4.79 Å². The number of piperazine rings is 1. The molecular formula is C11H22N2O. The Hall–Kier alpha value is -0.410. The fourth-order valence-corrected chi connectivity index (χ4v) is 1.75. The molecular weight excluding hydrogens is 176 g/mol. The summed E-state index contributed by atoms with van der Waals surface area (Å²) in [6.07, 6.45) is 2.50. The van der Waals surface area contributed by atoms with E-state index >= 15 is 0 Å². The van der Waals surface area contributed by atoms with E-state index in [2.05, 4.69) is 16.8 Å². The molecule has 1 heterocycles. The number of hydrogen-bond donors (Lipinski definition) is 0. The Bertz CT molecular complexity index is 174. The van der Waals surface area contributed by atoms with E-state index < -0.39 is 0 Å². The predicted molar refractivity (Wildman–Crippen MR) is 58.5 cm³/mol. The summed E-state index contributed by atoms with van der Waals surface area (Å²) in [6, 6.07) is 0. The van der Waals surface area contributed by atoms with Gasteiger partial charge in [0.1, 0.15) is 5.78 Å². The quantitative estimate of drug-likeness (QED) is 0.658. The number of hydrogen-bond acceptors (Lipinski definition) is 3. The molecule has 0 unspecified atom stereocenters. The Kier molecular flexibility index (Phi) is 5.12. The van der Waals surface area contributed by atoms with Crippen molar-refractivity contribution in [3.63, 3.8) is 0 Å². The molecule has 1 rings (SSSR count). The van der Waals surface area contributed by atoms with Gasteiger partial charge in [-0.1, -0.05) is 6.92 Å². The van der Waals surface area contributed by atoms with Crippen LogP contribution in [-0.2, 0) is 4.79 Å². The molecule has 1 aliphatic heterocycles. The average molecular weight is 198 g/mol. The second-order valence-electron chi connectivity index (χ2n) is 4.14. The monoisotopic (exact) mass is 198 g/mol. The number of rotatable bonds is 5. The van der Waals surface area contributed by atoms with Crippen LogP contribution < -0.4 is 0 Å². The summed E-state index contributed by atoms with van der Waals surface area (Å²) >= 11 is 0. The van der Waals surface area contributed by atoms with Crippen LogP contribution >= 0.6 is 0 Å². The Labute approximate surface area is 87.1 Å². The molecule has 0 aromatic heterocycles. The maximum atomic E-state index is 11.1. The van der Waals surface area contributed by atoms with Gasteiger partial charge in [-0.25, -0.2) is 0 Å². The van der Waals surface area contributed by atoms with E-state index in [-0.39, 0.29) is 0 Å². The van der Waals surface area contributed by atoms with Crippen LogP contribution in [0, 0.1) is 0 Å². The van der Waals surface area contributed by atoms with E-state index in [4.69, 9.17) is 0 Å². The molecule has 1 fully saturated rings. The highest BCUT2D eigenvalue weighted by Gasteiger charge is 2.12. The fourth-order valence-electron chi connectivity index (χ4n) is 1.75. The zero-order valence-electron chi connectivity index (χ0n) is 9.46. The summed E-state index contributed by atoms with van der Waals surface area (Å²) in [5, 5.41) is 0. The maximum Gasteiger partial charge on any atom is 0.132 e. The van der Waals surface area contributed by atoms with Crippen LogP contribution in [0.3, 0.4) is 0 Å². The second kappa shape index (κ2) is 6.14. The third kappa shape index (κ3) is 4.20. The van der Waals surface area contributed by atoms with Gasteiger partial charge in [0.25, 0.3) is 0 Å². The molecule has 0 aliphatic carbocycles. The highest BCUT2D eigenvalue weighted by Crippen LogP contribution is 2.02. The minimum absolute atomic E-state index is 0.402. The van der Waals surface area contributed by atoms with Crippen molar-refractivity contribution in [3.05, 3.63) is 0 Å². The molecule has 0 saturated carbocycles. The molecule has 0 amide bonds. The van der Waals surface area contributed by atoms with Crippen molar-refractivity contribution >= 4 is 5.78 Å². The van der Waals surface area contributed by atoms with Gasteiger partial charge in [0.2, 0.25) is 0 Å². The van der Waals surface area contributed by atoms with Crippen molar-refractivity contribution in [2.75, 3.05) is 39.8 Å². The second-order valence-corrected chi connectivity index (χ2v) is 4.14. The SMILES string of the molecule is CCC(=O)CCCN1CCN(C)CC1. The minimum Gasteiger partial charge on any atom is -0.304 e. The largest absolute Gasteiger partial charge is 0.304 e. The van der Waals surface area contributed by atoms with E-state index in [9.17, 15) is 4.79 Å². The van der Waals surface area contributed by atoms with Crippen LogP contribution in [-0.4, -0.2) is 55.4 Å². The number of ketones is 1. The first kappa shape index (κ1) is 11.7. The van der Waals surface area contributed by atoms with Crippen molar-refractivity contribution in [3.8, 4) is 0 Å². The van der Waals surface area contributed by atoms with Crippen LogP contribution in [0.1, 0.15) is 26.2 Å². The lowest BCUT2D eigenvalue weighted by Gasteiger charge is -2.32. The molecule has 0 spiro atoms. The molecule has 14 heavy (non-hydrogen) atoms. The summed E-state index contributed by atoms with van der Waals surface area (Å²) in [5.41, 5.74) is 0. The Morgan fingerprint density at radius 3 is 2.43 bits per heavy atom. The van der Waals surface area contributed by atoms with E-state index in [1.54, 1.807) is 0 Å². The Morgan fingerprint density at radius 2 is 1.86 bits per heavy atom. The molecule has 0 bridgehead atoms. The predicted octanol–water partition coefficient (Wildman–Crippen LogP) is 0.993. The first-order chi connectivity index (χ1) is 6.72. The van der Waals surface area contributed by atoms with Crippen molar-refractivity contribution in [2.45, 2.75) is 26.2 Å². The Balaban J connectivity index is 2.04. The summed E-state index contributed by atoms with van der Waals surface area (Å²) in [4.78, 5) is 15.9. The molecule has 82 valence electrons. The molecule has 0 aromatic rings. The topological polar surface area (TPSA) is 23.6 Å². The van der Waals surface area contributed by atoms with Crippen molar-refractivity contribution in [1.82, 2.24) is 9.80 Å². The third-order valence-corrected chi connectivity index (χ3v) is 2.92. The summed E-state index contributed by atoms with van der Waals surface area (Å²) in [7, 11) is 2.16. The van der Waals surface area contributed by atoms with Gasteiger partial charge in [0.15, 0.2) is 0 Å². The van der Waals surface area contributed by atoms with Gasteiger partial charge in [-0.15, -0.1) is 0 Å². The van der Waals surface area contributed by atoms with Crippen LogP contribution in [0.2, 0.25) is 0 Å². The minimum atomic E-state index is 0.402. The lowest BCUT2D eigenvalue weighted by molar-refractivity contribution is -0.118. The molecule has 1 saturated heterocycles. The third-order valence-electron chi connectivity index (χ3n) is 2.92. The lowest BCUT2D eigenvalue weighted by atomic mass is 10.1. The molecule has 1 aliphatic rings. The Morgan fingerprint density at radius 1 is 1.21 bits per heavy atom. The van der Waals surface area contributed by atoms with Crippen LogP contribution in [0.5, 0.6) is 0 Å². The standard InChI is InChI=1S/C11H22N2O/c1-3-11(14)5-4-6-13-9-7-12(2)8-10-13/h3-10H2,1-2H3. The zero-order valence-corrected chi connectivity index (χ0v) is 9.46. The van der Waals surface area contributed by atoms with Gasteiger partial charge in [0.05, 0.1) is 0 Å². The van der Waals surface area contributed by atoms with Crippen LogP contribution in [0.15, 0.2) is 0 Å². The summed E-state index contributed by atoms with van der Waals surface area (Å²) in [6.45, 7) is 7.70. The summed E-state index contributed by atoms with van der Waals surface area (Å²) < 4.78 is 0. The highest BCUT2D eigenvalue weighted by molar-refractivity contribution is 5.77. The van der Waals surface area contributed by atoms with E-state index in [1.165, 1.54) is 13.1 Å². The van der Waals surface area contributed by atoms with Gasteiger partial charge >= 0.3 is 0 Å². The van der Waals surface area contributed by atoms with Crippen molar-refractivity contribution in [2.24, 2.45) is 0 Å². The molecule has 0 radical (unpaired) electrons. The normalized spacial score (nSPS) is 19.9. The number of carbonyl (C=O) groups excluding carboxylic acids is 1. The lowest BCUT2D eigenvalue weighted by Crippen LogP contribution is -2.44. The van der Waals surface area contributed by atoms with E-state index in [1.807, 2.05) is 6.92 Å². The number of nitrogens with zero attached hydrogens (tertiary/aromatic N) is 2. The highest BCUT2D eigenvalue weighted by atomic mass is 16.1. The van der Waals surface area contributed by atoms with Gasteiger partial charge in [-0.05, 0) is 20.0 Å². The fraction of sp³-hybridized carbons (Fsp3) is 0.909. The first-order valence-electron chi connectivity index (χ1n) is 5.65. The van der Waals surface area contributed by atoms with Crippen molar-refractivity contribution in [1.29, 1.82) is 0 Å². The van der Waals surface area contributed by atoms with Crippen LogP contribution in [0.25, 0.3) is 0 Å². The average Bonchev–Trinajstić information content (AvgIpc) is 2.21. The van der Waals surface area contributed by atoms with E-state index in [0.717, 1.165) is 32.5 Å². The maximum absolute atomic E-state index is 11.1. The molecule has 0 aromatic carbocycles. The van der Waals surface area contributed by atoms with Crippen LogP contribution in [0.4, 0.5) is 0 Å². The number of carbonyl (C=O) groups is 1. The van der Waals surface area contributed by atoms with Gasteiger partial charge in [-0.2, -0.15) is 0 Å². The number of Topliss-reactive ketones (excluding diaryl/α,β-unsaturated/α-hetero) is 1. The molecule has 3 heteroatoms. The smallest absolute Gasteiger partial charge is 0.132 e. The molecule has 0 N–H and O–H groups in total. The zero-order chi connectivity index (χ0) is 10.4. The molecule has 3 nitrogen and oxygen atoms in total. The number of likely N-dealkylation sites (N-methyl/N-ethyl adjacent to an activating group) is 1. The van der Waals surface area contributed by atoms with Gasteiger partial charge < -0.3 is 9.80 Å². The molecule has 0 atom stereocenters. The first-order valence-corrected chi connectivity index (χ1v) is 5.65. The van der Waals surface area contributed by atoms with Crippen molar-refractivity contribution < 1.29 is 4.79 Å². The summed E-state index contributed by atoms with van der Waals surface area (Å²) in [5.74, 6) is 0.402. The van der Waals surface area contributed by atoms with Gasteiger partial charge in [0, 0.05) is 39.0 Å².